The summed E-state index contributed by atoms with van der Waals surface area (Å²) in [5.41, 5.74) is 16.0. The predicted molar refractivity (Wildman–Crippen MR) is 246 cm³/mol. The van der Waals surface area contributed by atoms with Crippen molar-refractivity contribution in [3.63, 3.8) is 0 Å². The molecule has 0 amide bonds. The van der Waals surface area contributed by atoms with Gasteiger partial charge in [-0.1, -0.05) is 162 Å². The molecule has 0 spiro atoms. The second-order valence-electron chi connectivity index (χ2n) is 17.8. The Bertz CT molecular complexity index is 3430. The molecule has 0 bridgehead atoms. The molecule has 11 rings (SSSR count). The van der Waals surface area contributed by atoms with Gasteiger partial charge >= 0.3 is 0 Å². The van der Waals surface area contributed by atoms with Gasteiger partial charge in [-0.3, -0.25) is 0 Å². The summed E-state index contributed by atoms with van der Waals surface area (Å²) in [6.45, 7) is 11.7. The maximum atomic E-state index is 6.64. The van der Waals surface area contributed by atoms with E-state index in [0.717, 1.165) is 77.8 Å². The van der Waals surface area contributed by atoms with Crippen LogP contribution in [0.25, 0.3) is 99.2 Å². The molecule has 59 heavy (non-hydrogen) atoms. The minimum absolute atomic E-state index is 0.176. The summed E-state index contributed by atoms with van der Waals surface area (Å²) in [5, 5.41) is 6.86. The average Bonchev–Trinajstić information content (AvgIpc) is 3.94. The Kier molecular flexibility index (Phi) is 7.84. The molecule has 0 unspecified atom stereocenters. The Morgan fingerprint density at radius 1 is 0.373 bits per heavy atom. The standard InChI is InChI=1S/C56H44O3/c1-55(2,3)53-39(37-19-14-28-49-51(37)43-18-8-11-27-47(43)57-49)21-12-22-40(53)38-20-15-29-50-52(38)44-32-34(30-31-48(44)58-50)33-56(4,5)45-25-9-6-16-35(45)41-23-13-24-42-36-17-7-10-26-46(36)59-54(41)42/h6-32H,33H2,1-5H3. The molecule has 0 aliphatic heterocycles. The number of benzene rings is 8. The fourth-order valence-corrected chi connectivity index (χ4v) is 9.89. The summed E-state index contributed by atoms with van der Waals surface area (Å²) < 4.78 is 19.5. The van der Waals surface area contributed by atoms with Crippen molar-refractivity contribution in [3.05, 3.63) is 180 Å². The van der Waals surface area contributed by atoms with Crippen LogP contribution in [0.5, 0.6) is 0 Å². The summed E-state index contributed by atoms with van der Waals surface area (Å²) in [4.78, 5) is 0. The predicted octanol–water partition coefficient (Wildman–Crippen LogP) is 16.2. The Balaban J connectivity index is 1.04. The molecule has 3 nitrogen and oxygen atoms in total. The lowest BCUT2D eigenvalue weighted by Crippen LogP contribution is -2.21. The molecule has 8 aromatic carbocycles. The number of hydrogen-bond donors (Lipinski definition) is 0. The lowest BCUT2D eigenvalue weighted by atomic mass is 9.75. The number of para-hydroxylation sites is 3. The number of fused-ring (bicyclic) bond motifs is 9. The molecular weight excluding hydrogens is 721 g/mol. The zero-order chi connectivity index (χ0) is 40.0. The molecule has 0 N–H and O–H groups in total. The Labute approximate surface area is 343 Å². The normalized spacial score (nSPS) is 12.6. The van der Waals surface area contributed by atoms with E-state index < -0.39 is 0 Å². The minimum Gasteiger partial charge on any atom is -0.456 e. The van der Waals surface area contributed by atoms with Crippen molar-refractivity contribution in [2.24, 2.45) is 0 Å². The molecule has 0 fully saturated rings. The fraction of sp³-hybridized carbons (Fsp3) is 0.143. The summed E-state index contributed by atoms with van der Waals surface area (Å²) in [7, 11) is 0. The largest absolute Gasteiger partial charge is 0.456 e. The van der Waals surface area contributed by atoms with Crippen molar-refractivity contribution < 1.29 is 13.3 Å². The van der Waals surface area contributed by atoms with Crippen LogP contribution in [0.3, 0.4) is 0 Å². The first kappa shape index (κ1) is 35.3. The second-order valence-corrected chi connectivity index (χ2v) is 17.8. The highest BCUT2D eigenvalue weighted by molar-refractivity contribution is 6.15. The van der Waals surface area contributed by atoms with E-state index in [0.29, 0.717) is 0 Å². The van der Waals surface area contributed by atoms with Crippen molar-refractivity contribution >= 4 is 65.8 Å². The van der Waals surface area contributed by atoms with E-state index in [-0.39, 0.29) is 10.8 Å². The number of furan rings is 3. The maximum absolute atomic E-state index is 6.64. The van der Waals surface area contributed by atoms with E-state index in [1.54, 1.807) is 0 Å². The van der Waals surface area contributed by atoms with Crippen LogP contribution < -0.4 is 0 Å². The molecule has 11 aromatic rings. The van der Waals surface area contributed by atoms with Crippen LogP contribution in [-0.2, 0) is 17.3 Å². The fourth-order valence-electron chi connectivity index (χ4n) is 9.89. The Morgan fingerprint density at radius 2 is 0.864 bits per heavy atom. The summed E-state index contributed by atoms with van der Waals surface area (Å²) in [6, 6.07) is 58.5. The monoisotopic (exact) mass is 764 g/mol. The van der Waals surface area contributed by atoms with E-state index in [9.17, 15) is 0 Å². The van der Waals surface area contributed by atoms with E-state index in [1.165, 1.54) is 44.5 Å². The van der Waals surface area contributed by atoms with Crippen molar-refractivity contribution in [3.8, 4) is 33.4 Å². The minimum atomic E-state index is -0.202. The smallest absolute Gasteiger partial charge is 0.143 e. The summed E-state index contributed by atoms with van der Waals surface area (Å²) in [5.74, 6) is 0. The van der Waals surface area contributed by atoms with E-state index in [2.05, 4.69) is 186 Å². The zero-order valence-electron chi connectivity index (χ0n) is 34.0. The third kappa shape index (κ3) is 5.63. The highest BCUT2D eigenvalue weighted by atomic mass is 16.3. The van der Waals surface area contributed by atoms with Crippen molar-refractivity contribution in [1.29, 1.82) is 0 Å². The third-order valence-electron chi connectivity index (χ3n) is 12.4. The molecule has 286 valence electrons. The van der Waals surface area contributed by atoms with Gasteiger partial charge in [0.15, 0.2) is 0 Å². The molecule has 0 aliphatic carbocycles. The maximum Gasteiger partial charge on any atom is 0.143 e. The van der Waals surface area contributed by atoms with Crippen LogP contribution in [-0.4, -0.2) is 0 Å². The molecule has 0 radical (unpaired) electrons. The van der Waals surface area contributed by atoms with Crippen LogP contribution in [0.2, 0.25) is 0 Å². The van der Waals surface area contributed by atoms with E-state index >= 15 is 0 Å². The second kappa shape index (κ2) is 13.1. The van der Waals surface area contributed by atoms with Crippen LogP contribution in [0.1, 0.15) is 51.3 Å². The summed E-state index contributed by atoms with van der Waals surface area (Å²) in [6.07, 6.45) is 0.844. The first-order chi connectivity index (χ1) is 28.6. The third-order valence-corrected chi connectivity index (χ3v) is 12.4. The van der Waals surface area contributed by atoms with Gasteiger partial charge in [0, 0.05) is 37.9 Å². The van der Waals surface area contributed by atoms with Gasteiger partial charge in [-0.05, 0) is 98.2 Å². The SMILES string of the molecule is CC(C)(C)c1c(-c2cccc3oc4ccccc4c23)cccc1-c1cccc2oc3ccc(CC(C)(C)c4ccccc4-c4cccc5c4oc4ccccc45)cc3c12. The number of hydrogen-bond acceptors (Lipinski definition) is 3. The van der Waals surface area contributed by atoms with E-state index in [1.807, 2.05) is 12.1 Å². The zero-order valence-corrected chi connectivity index (χ0v) is 34.0. The van der Waals surface area contributed by atoms with Gasteiger partial charge in [0.2, 0.25) is 0 Å². The molecule has 0 aliphatic rings. The van der Waals surface area contributed by atoms with Crippen LogP contribution in [0.15, 0.2) is 177 Å². The first-order valence-electron chi connectivity index (χ1n) is 20.6. The molecular formula is C56H44O3. The lowest BCUT2D eigenvalue weighted by Gasteiger charge is -2.28. The first-order valence-corrected chi connectivity index (χ1v) is 20.6. The molecule has 0 saturated carbocycles. The van der Waals surface area contributed by atoms with Crippen molar-refractivity contribution in [1.82, 2.24) is 0 Å². The quantitative estimate of drug-likeness (QED) is 0.169. The molecule has 3 heteroatoms. The Morgan fingerprint density at radius 3 is 1.58 bits per heavy atom. The van der Waals surface area contributed by atoms with Crippen LogP contribution >= 0.6 is 0 Å². The van der Waals surface area contributed by atoms with Crippen molar-refractivity contribution in [2.75, 3.05) is 0 Å². The highest BCUT2D eigenvalue weighted by Gasteiger charge is 2.29. The molecule has 0 saturated heterocycles. The topological polar surface area (TPSA) is 39.4 Å². The molecule has 3 aromatic heterocycles. The highest BCUT2D eigenvalue weighted by Crippen LogP contribution is 2.47. The van der Waals surface area contributed by atoms with Gasteiger partial charge in [-0.25, -0.2) is 0 Å². The Hall–Kier alpha value is -6.84. The van der Waals surface area contributed by atoms with Gasteiger partial charge in [-0.15, -0.1) is 0 Å². The van der Waals surface area contributed by atoms with Gasteiger partial charge < -0.3 is 13.3 Å². The van der Waals surface area contributed by atoms with Gasteiger partial charge in [0.1, 0.15) is 33.5 Å². The lowest BCUT2D eigenvalue weighted by molar-refractivity contribution is 0.524. The number of rotatable bonds is 6. The summed E-state index contributed by atoms with van der Waals surface area (Å²) >= 11 is 0. The molecule has 0 atom stereocenters. The molecule has 3 heterocycles. The van der Waals surface area contributed by atoms with Gasteiger partial charge in [0.05, 0.1) is 0 Å². The van der Waals surface area contributed by atoms with Gasteiger partial charge in [-0.2, -0.15) is 0 Å². The van der Waals surface area contributed by atoms with Crippen molar-refractivity contribution in [2.45, 2.75) is 51.9 Å². The van der Waals surface area contributed by atoms with Gasteiger partial charge in [0.25, 0.3) is 0 Å². The average molecular weight is 765 g/mol. The van der Waals surface area contributed by atoms with Crippen LogP contribution in [0.4, 0.5) is 0 Å². The van der Waals surface area contributed by atoms with Crippen LogP contribution in [0, 0.1) is 0 Å². The van der Waals surface area contributed by atoms with E-state index in [4.69, 9.17) is 13.3 Å².